The zero-order chi connectivity index (χ0) is 31.2. The minimum Gasteiger partial charge on any atom is -0.463 e. The van der Waals surface area contributed by atoms with E-state index in [2.05, 4.69) is 15.6 Å². The van der Waals surface area contributed by atoms with Gasteiger partial charge in [0.05, 0.1) is 6.61 Å². The second-order valence-corrected chi connectivity index (χ2v) is 10.4. The number of ether oxygens (including phenoxy) is 1. The Hall–Kier alpha value is -5.13. The van der Waals surface area contributed by atoms with Crippen molar-refractivity contribution in [1.29, 1.82) is 0 Å². The summed E-state index contributed by atoms with van der Waals surface area (Å²) in [7, 11) is 0. The van der Waals surface area contributed by atoms with Crippen LogP contribution in [-0.2, 0) is 25.5 Å². The van der Waals surface area contributed by atoms with E-state index in [1.807, 2.05) is 0 Å². The number of nitrogens with zero attached hydrogens (tertiary/aromatic N) is 3. The number of pyridine rings is 2. The summed E-state index contributed by atoms with van der Waals surface area (Å²) in [4.78, 5) is 56.7. The van der Waals surface area contributed by atoms with Crippen LogP contribution in [0.25, 0.3) is 16.7 Å². The Balaban J connectivity index is 1.54. The van der Waals surface area contributed by atoms with Crippen molar-refractivity contribution in [3.63, 3.8) is 0 Å². The van der Waals surface area contributed by atoms with Crippen LogP contribution in [-0.4, -0.2) is 51.1 Å². The van der Waals surface area contributed by atoms with E-state index in [1.165, 1.54) is 29.0 Å². The highest BCUT2D eigenvalue weighted by Crippen LogP contribution is 2.22. The highest BCUT2D eigenvalue weighted by Gasteiger charge is 2.30. The van der Waals surface area contributed by atoms with Gasteiger partial charge in [0.1, 0.15) is 17.4 Å². The molecule has 0 spiro atoms. The first kappa shape index (κ1) is 30.3. The van der Waals surface area contributed by atoms with Crippen molar-refractivity contribution < 1.29 is 27.9 Å². The fourth-order valence-electron chi connectivity index (χ4n) is 5.32. The van der Waals surface area contributed by atoms with Crippen molar-refractivity contribution in [3.8, 4) is 5.82 Å². The lowest BCUT2D eigenvalue weighted by Gasteiger charge is -2.24. The molecule has 3 aromatic heterocycles. The third kappa shape index (κ3) is 6.74. The third-order valence-electron chi connectivity index (χ3n) is 7.50. The van der Waals surface area contributed by atoms with Crippen LogP contribution in [0.4, 0.5) is 8.78 Å². The average Bonchev–Trinajstić information content (AvgIpc) is 3.64. The molecule has 44 heavy (non-hydrogen) atoms. The number of rotatable bonds is 11. The molecule has 12 heteroatoms. The van der Waals surface area contributed by atoms with E-state index in [4.69, 9.17) is 4.74 Å². The molecule has 0 radical (unpaired) electrons. The summed E-state index contributed by atoms with van der Waals surface area (Å²) < 4.78 is 35.7. The van der Waals surface area contributed by atoms with Crippen LogP contribution >= 0.6 is 0 Å². The third-order valence-corrected chi connectivity index (χ3v) is 7.50. The number of hydrogen-bond donors (Lipinski definition) is 2. The predicted molar refractivity (Wildman–Crippen MR) is 158 cm³/mol. The van der Waals surface area contributed by atoms with Gasteiger partial charge in [0, 0.05) is 55.0 Å². The van der Waals surface area contributed by atoms with E-state index >= 15 is 0 Å². The van der Waals surface area contributed by atoms with E-state index in [-0.39, 0.29) is 36.4 Å². The van der Waals surface area contributed by atoms with Crippen molar-refractivity contribution >= 4 is 28.7 Å². The molecule has 1 aromatic carbocycles. The highest BCUT2D eigenvalue weighted by atomic mass is 19.2. The van der Waals surface area contributed by atoms with Crippen molar-refractivity contribution in [2.24, 2.45) is 5.92 Å². The lowest BCUT2D eigenvalue weighted by atomic mass is 9.97. The van der Waals surface area contributed by atoms with Crippen LogP contribution in [0.15, 0.2) is 84.1 Å². The van der Waals surface area contributed by atoms with Gasteiger partial charge in [-0.1, -0.05) is 18.2 Å². The maximum absolute atomic E-state index is 14.2. The van der Waals surface area contributed by atoms with E-state index in [0.717, 1.165) is 12.1 Å². The van der Waals surface area contributed by atoms with Gasteiger partial charge in [0.25, 0.3) is 5.56 Å². The normalized spacial score (nSPS) is 16.2. The molecule has 4 heterocycles. The minimum atomic E-state index is -1.21. The highest BCUT2D eigenvalue weighted by molar-refractivity contribution is 5.85. The number of amides is 2. The molecule has 1 fully saturated rings. The van der Waals surface area contributed by atoms with Gasteiger partial charge in [0.2, 0.25) is 11.8 Å². The Morgan fingerprint density at radius 2 is 1.95 bits per heavy atom. The van der Waals surface area contributed by atoms with Gasteiger partial charge in [-0.05, 0) is 61.7 Å². The molecule has 1 saturated heterocycles. The van der Waals surface area contributed by atoms with Crippen molar-refractivity contribution in [2.75, 3.05) is 13.2 Å². The first-order valence-electron chi connectivity index (χ1n) is 14.3. The number of carbonyl (C=O) groups excluding carboxylic acids is 3. The fraction of sp³-hybridized carbons (Fsp3) is 0.281. The number of hydrogen-bond acceptors (Lipinski definition) is 6. The monoisotopic (exact) mass is 603 g/mol. The Morgan fingerprint density at radius 3 is 2.66 bits per heavy atom. The van der Waals surface area contributed by atoms with Crippen LogP contribution in [0.3, 0.4) is 0 Å². The molecule has 3 atom stereocenters. The Morgan fingerprint density at radius 1 is 1.14 bits per heavy atom. The van der Waals surface area contributed by atoms with Crippen LogP contribution in [0.5, 0.6) is 0 Å². The molecule has 2 N–H and O–H groups in total. The minimum absolute atomic E-state index is 0.156. The molecular formula is C32H31F2N5O5. The molecule has 5 rings (SSSR count). The van der Waals surface area contributed by atoms with Crippen molar-refractivity contribution in [2.45, 2.75) is 38.3 Å². The summed E-state index contributed by atoms with van der Waals surface area (Å²) in [5.41, 5.74) is 0.0512. The van der Waals surface area contributed by atoms with Crippen LogP contribution < -0.4 is 16.2 Å². The largest absolute Gasteiger partial charge is 0.463 e. The lowest BCUT2D eigenvalue weighted by Crippen LogP contribution is -2.43. The van der Waals surface area contributed by atoms with Gasteiger partial charge in [-0.2, -0.15) is 0 Å². The van der Waals surface area contributed by atoms with Gasteiger partial charge in [0.15, 0.2) is 11.6 Å². The maximum Gasteiger partial charge on any atom is 0.330 e. The van der Waals surface area contributed by atoms with Gasteiger partial charge in [-0.15, -0.1) is 0 Å². The summed E-state index contributed by atoms with van der Waals surface area (Å²) >= 11 is 0. The predicted octanol–water partition coefficient (Wildman–Crippen LogP) is 3.38. The number of nitrogens with one attached hydrogen (secondary N) is 2. The van der Waals surface area contributed by atoms with Gasteiger partial charge >= 0.3 is 5.97 Å². The number of benzene rings is 1. The molecule has 1 aliphatic rings. The van der Waals surface area contributed by atoms with Crippen molar-refractivity contribution in [3.05, 3.63) is 107 Å². The molecule has 228 valence electrons. The molecule has 2 amide bonds. The molecule has 0 unspecified atom stereocenters. The summed E-state index contributed by atoms with van der Waals surface area (Å²) in [6.45, 7) is 2.32. The SMILES string of the molecule is CCOC(=O)/C=C/[C@H](C[C@@H]1CCNC1=O)NC(=O)[C@H](Cc1ccc(F)c(F)c1)n1ccc2ccn(-c3ccccn3)c2c1=O. The lowest BCUT2D eigenvalue weighted by molar-refractivity contribution is -0.137. The van der Waals surface area contributed by atoms with E-state index in [9.17, 15) is 28.0 Å². The molecular weight excluding hydrogens is 572 g/mol. The Labute approximate surface area is 251 Å². The van der Waals surface area contributed by atoms with Gasteiger partial charge in [-0.25, -0.2) is 18.6 Å². The molecule has 10 nitrogen and oxygen atoms in total. The standard InChI is InChI=1S/C32H31F2N5O5/c1-2-44-28(40)9-7-23(19-22-10-14-36-30(22)41)37-31(42)26(18-20-6-8-24(33)25(34)17-20)38-15-11-21-12-16-39(29(21)32(38)43)27-5-3-4-13-35-27/h3-9,11-13,15-17,22-23,26H,2,10,14,18-19H2,1H3,(H,36,41)(H,37,42)/b9-7+/t22-,23+,26-/m0/s1. The van der Waals surface area contributed by atoms with E-state index < -0.39 is 47.1 Å². The molecule has 1 aliphatic heterocycles. The topological polar surface area (TPSA) is 124 Å². The zero-order valence-electron chi connectivity index (χ0n) is 23.9. The second-order valence-electron chi connectivity index (χ2n) is 10.4. The molecule has 0 aliphatic carbocycles. The number of aromatic nitrogens is 3. The molecule has 4 aromatic rings. The number of carbonyl (C=O) groups is 3. The number of esters is 1. The van der Waals surface area contributed by atoms with Gasteiger partial charge in [-0.3, -0.25) is 19.0 Å². The van der Waals surface area contributed by atoms with E-state index in [0.29, 0.717) is 24.2 Å². The number of halogens is 2. The number of fused-ring (bicyclic) bond motifs is 1. The first-order chi connectivity index (χ1) is 21.2. The molecule has 0 bridgehead atoms. The molecule has 0 saturated carbocycles. The van der Waals surface area contributed by atoms with Crippen molar-refractivity contribution in [1.82, 2.24) is 24.8 Å². The fourth-order valence-corrected chi connectivity index (χ4v) is 5.32. The first-order valence-corrected chi connectivity index (χ1v) is 14.3. The smallest absolute Gasteiger partial charge is 0.330 e. The summed E-state index contributed by atoms with van der Waals surface area (Å²) in [5, 5.41) is 6.24. The van der Waals surface area contributed by atoms with E-state index in [1.54, 1.807) is 54.2 Å². The zero-order valence-corrected chi connectivity index (χ0v) is 23.9. The quantitative estimate of drug-likeness (QED) is 0.200. The van der Waals surface area contributed by atoms with Crippen LogP contribution in [0, 0.1) is 17.6 Å². The van der Waals surface area contributed by atoms with Crippen LogP contribution in [0.2, 0.25) is 0 Å². The van der Waals surface area contributed by atoms with Crippen LogP contribution in [0.1, 0.15) is 31.4 Å². The second kappa shape index (κ2) is 13.4. The summed E-state index contributed by atoms with van der Waals surface area (Å²) in [6, 6.07) is 10.0. The Kier molecular flexibility index (Phi) is 9.27. The Bertz CT molecular complexity index is 1770. The summed E-state index contributed by atoms with van der Waals surface area (Å²) in [6.07, 6.45) is 8.00. The summed E-state index contributed by atoms with van der Waals surface area (Å²) in [5.74, 6) is -3.43. The average molecular weight is 604 g/mol. The van der Waals surface area contributed by atoms with Gasteiger partial charge < -0.3 is 19.9 Å². The maximum atomic E-state index is 14.2.